The molecule has 0 amide bonds. The normalized spacial score (nSPS) is 19.1. The fourth-order valence-electron chi connectivity index (χ4n) is 6.29. The Morgan fingerprint density at radius 1 is 0.667 bits per heavy atom. The van der Waals surface area contributed by atoms with Gasteiger partial charge in [-0.1, -0.05) is 86.7 Å². The van der Waals surface area contributed by atoms with Gasteiger partial charge >= 0.3 is 0 Å². The van der Waals surface area contributed by atoms with Gasteiger partial charge in [0, 0.05) is 34.5 Å². The molecule has 178 valence electrons. The van der Waals surface area contributed by atoms with Crippen LogP contribution in [0.1, 0.15) is 38.8 Å². The van der Waals surface area contributed by atoms with Crippen molar-refractivity contribution < 1.29 is 4.58 Å². The first kappa shape index (κ1) is 22.5. The summed E-state index contributed by atoms with van der Waals surface area (Å²) in [4.78, 5) is 0. The zero-order valence-corrected chi connectivity index (χ0v) is 21.8. The minimum absolute atomic E-state index is 0.0640. The van der Waals surface area contributed by atoms with E-state index in [9.17, 15) is 0 Å². The van der Waals surface area contributed by atoms with Crippen LogP contribution in [0.2, 0.25) is 0 Å². The Hall–Kier alpha value is -3.91. The maximum atomic E-state index is 3.67. The summed E-state index contributed by atoms with van der Waals surface area (Å²) in [5, 5.41) is 8.94. The number of allylic oxidation sites excluding steroid dienone is 6. The maximum Gasteiger partial charge on any atom is 0.210 e. The van der Waals surface area contributed by atoms with E-state index in [1.54, 1.807) is 0 Å². The SMILES string of the molecule is C[N+]1=C(C=CC=CC=C2Nc3ccc4ccccc4c3C2(C)C)C(C)(C)c2c1ccc1ccccc21. The summed E-state index contributed by atoms with van der Waals surface area (Å²) in [6, 6.07) is 26.3. The van der Waals surface area contributed by atoms with E-state index in [-0.39, 0.29) is 10.8 Å². The first-order chi connectivity index (χ1) is 17.3. The van der Waals surface area contributed by atoms with E-state index in [4.69, 9.17) is 0 Å². The third kappa shape index (κ3) is 3.28. The summed E-state index contributed by atoms with van der Waals surface area (Å²) in [6.45, 7) is 9.28. The average Bonchev–Trinajstić information content (AvgIpc) is 3.25. The van der Waals surface area contributed by atoms with Crippen molar-refractivity contribution in [2.24, 2.45) is 0 Å². The van der Waals surface area contributed by atoms with Crippen molar-refractivity contribution in [3.05, 3.63) is 120 Å². The monoisotopic (exact) mass is 469 g/mol. The molecule has 2 aliphatic rings. The molecular weight excluding hydrogens is 436 g/mol. The van der Waals surface area contributed by atoms with E-state index in [1.165, 1.54) is 55.5 Å². The summed E-state index contributed by atoms with van der Waals surface area (Å²) in [5.41, 5.74) is 7.70. The van der Waals surface area contributed by atoms with E-state index in [0.717, 1.165) is 0 Å². The molecule has 0 saturated heterocycles. The zero-order valence-electron chi connectivity index (χ0n) is 21.8. The van der Waals surface area contributed by atoms with Crippen LogP contribution in [0, 0.1) is 0 Å². The molecule has 0 unspecified atom stereocenters. The summed E-state index contributed by atoms with van der Waals surface area (Å²) in [6.07, 6.45) is 10.9. The molecule has 4 aromatic carbocycles. The van der Waals surface area contributed by atoms with E-state index < -0.39 is 0 Å². The van der Waals surface area contributed by atoms with E-state index in [0.29, 0.717) is 0 Å². The smallest absolute Gasteiger partial charge is 0.210 e. The molecule has 2 nitrogen and oxygen atoms in total. The molecule has 0 radical (unpaired) electrons. The second-order valence-electron chi connectivity index (χ2n) is 11.0. The van der Waals surface area contributed by atoms with Crippen molar-refractivity contribution in [2.45, 2.75) is 38.5 Å². The van der Waals surface area contributed by atoms with Crippen molar-refractivity contribution in [2.75, 3.05) is 12.4 Å². The minimum Gasteiger partial charge on any atom is -0.358 e. The Kier molecular flexibility index (Phi) is 5.05. The van der Waals surface area contributed by atoms with Crippen LogP contribution in [0.25, 0.3) is 21.5 Å². The second-order valence-corrected chi connectivity index (χ2v) is 11.0. The first-order valence-electron chi connectivity index (χ1n) is 12.8. The van der Waals surface area contributed by atoms with Crippen LogP contribution in [-0.4, -0.2) is 17.3 Å². The fourth-order valence-corrected chi connectivity index (χ4v) is 6.29. The van der Waals surface area contributed by atoms with Crippen LogP contribution in [-0.2, 0) is 10.8 Å². The van der Waals surface area contributed by atoms with Gasteiger partial charge in [-0.15, -0.1) is 0 Å². The quantitative estimate of drug-likeness (QED) is 0.235. The Morgan fingerprint density at radius 2 is 1.31 bits per heavy atom. The highest BCUT2D eigenvalue weighted by Crippen LogP contribution is 2.47. The molecule has 2 heterocycles. The number of hydrogen-bond acceptors (Lipinski definition) is 1. The molecule has 1 N–H and O–H groups in total. The molecule has 4 aromatic rings. The van der Waals surface area contributed by atoms with Crippen molar-refractivity contribution in [3.63, 3.8) is 0 Å². The lowest BCUT2D eigenvalue weighted by Gasteiger charge is -2.21. The highest BCUT2D eigenvalue weighted by molar-refractivity contribution is 6.07. The van der Waals surface area contributed by atoms with Crippen molar-refractivity contribution in [3.8, 4) is 0 Å². The zero-order chi connectivity index (χ0) is 25.1. The highest BCUT2D eigenvalue weighted by Gasteiger charge is 2.44. The standard InChI is InChI=1S/C34H32N2/c1-33(2)29(35-27-21-19-23-13-9-11-15-25(23)31(27)33)17-7-6-8-18-30-34(3,4)32-26-16-12-10-14-24(26)20-22-28(32)36(30)5/h6-22H,1-5H3/p+1. The molecule has 2 heteroatoms. The van der Waals surface area contributed by atoms with Crippen LogP contribution < -0.4 is 5.32 Å². The van der Waals surface area contributed by atoms with Gasteiger partial charge in [0.15, 0.2) is 5.71 Å². The summed E-state index contributed by atoms with van der Waals surface area (Å²) < 4.78 is 2.34. The Balaban J connectivity index is 1.28. The minimum atomic E-state index is -0.0740. The van der Waals surface area contributed by atoms with Gasteiger partial charge in [-0.3, -0.25) is 0 Å². The Labute approximate surface area is 214 Å². The van der Waals surface area contributed by atoms with Crippen LogP contribution in [0.5, 0.6) is 0 Å². The lowest BCUT2D eigenvalue weighted by Crippen LogP contribution is -2.26. The van der Waals surface area contributed by atoms with E-state index >= 15 is 0 Å². The molecule has 0 fully saturated rings. The van der Waals surface area contributed by atoms with Gasteiger partial charge in [-0.25, -0.2) is 0 Å². The third-order valence-electron chi connectivity index (χ3n) is 8.13. The lowest BCUT2D eigenvalue weighted by molar-refractivity contribution is -0.401. The van der Waals surface area contributed by atoms with Gasteiger partial charge < -0.3 is 5.32 Å². The highest BCUT2D eigenvalue weighted by atomic mass is 15.0. The molecule has 6 rings (SSSR count). The van der Waals surface area contributed by atoms with Crippen LogP contribution in [0.4, 0.5) is 11.4 Å². The fraction of sp³-hybridized carbons (Fsp3) is 0.206. The molecule has 0 aliphatic carbocycles. The topological polar surface area (TPSA) is 15.0 Å². The second kappa shape index (κ2) is 8.06. The van der Waals surface area contributed by atoms with Crippen molar-refractivity contribution in [1.29, 1.82) is 0 Å². The average molecular weight is 470 g/mol. The van der Waals surface area contributed by atoms with Gasteiger partial charge in [0.25, 0.3) is 0 Å². The summed E-state index contributed by atoms with van der Waals surface area (Å²) >= 11 is 0. The van der Waals surface area contributed by atoms with E-state index in [2.05, 4.69) is 148 Å². The van der Waals surface area contributed by atoms with Gasteiger partial charge in [0.05, 0.1) is 5.41 Å². The first-order valence-corrected chi connectivity index (χ1v) is 12.8. The molecule has 36 heavy (non-hydrogen) atoms. The number of nitrogens with zero attached hydrogens (tertiary/aromatic N) is 1. The molecule has 2 aliphatic heterocycles. The molecule has 0 saturated carbocycles. The van der Waals surface area contributed by atoms with Gasteiger partial charge in [0.2, 0.25) is 5.69 Å². The van der Waals surface area contributed by atoms with Crippen LogP contribution in [0.3, 0.4) is 0 Å². The van der Waals surface area contributed by atoms with Gasteiger partial charge in [0.1, 0.15) is 7.05 Å². The largest absolute Gasteiger partial charge is 0.358 e. The Bertz CT molecular complexity index is 1660. The lowest BCUT2D eigenvalue weighted by atomic mass is 9.79. The predicted molar refractivity (Wildman–Crippen MR) is 155 cm³/mol. The summed E-state index contributed by atoms with van der Waals surface area (Å²) in [5.74, 6) is 0. The molecule has 0 spiro atoms. The molecular formula is C34H33N2+. The van der Waals surface area contributed by atoms with Crippen molar-refractivity contribution >= 4 is 38.6 Å². The third-order valence-corrected chi connectivity index (χ3v) is 8.13. The number of rotatable bonds is 3. The predicted octanol–water partition coefficient (Wildman–Crippen LogP) is 8.40. The van der Waals surface area contributed by atoms with Crippen LogP contribution >= 0.6 is 0 Å². The number of fused-ring (bicyclic) bond motifs is 6. The number of benzene rings is 4. The van der Waals surface area contributed by atoms with Crippen molar-refractivity contribution in [1.82, 2.24) is 0 Å². The molecule has 0 aromatic heterocycles. The number of nitrogens with one attached hydrogen (secondary N) is 1. The maximum absolute atomic E-state index is 3.67. The summed E-state index contributed by atoms with van der Waals surface area (Å²) in [7, 11) is 2.18. The van der Waals surface area contributed by atoms with E-state index in [1.807, 2.05) is 0 Å². The Morgan fingerprint density at radius 3 is 2.03 bits per heavy atom. The van der Waals surface area contributed by atoms with Gasteiger partial charge in [-0.05, 0) is 59.2 Å². The van der Waals surface area contributed by atoms with Gasteiger partial charge in [-0.2, -0.15) is 4.58 Å². The number of hydrogen-bond donors (Lipinski definition) is 1. The molecule has 0 bridgehead atoms. The van der Waals surface area contributed by atoms with Crippen LogP contribution in [0.15, 0.2) is 109 Å². The number of anilines is 1. The molecule has 0 atom stereocenters.